The van der Waals surface area contributed by atoms with E-state index in [1.54, 1.807) is 0 Å². The van der Waals surface area contributed by atoms with Crippen molar-refractivity contribution in [2.24, 2.45) is 0 Å². The zero-order valence-corrected chi connectivity index (χ0v) is 8.59. The molecule has 7 heteroatoms. The third kappa shape index (κ3) is 2.87. The summed E-state index contributed by atoms with van der Waals surface area (Å²) in [6.45, 7) is -3.06. The van der Waals surface area contributed by atoms with Gasteiger partial charge >= 0.3 is 6.61 Å². The molecule has 1 rings (SSSR count). The number of nitrogens with one attached hydrogen (secondary N) is 1. The molecule has 0 saturated carbocycles. The molecule has 0 atom stereocenters. The number of para-hydroxylation sites is 1. The minimum Gasteiger partial charge on any atom is -0.433 e. The molecule has 1 aromatic carbocycles. The highest BCUT2D eigenvalue weighted by atomic mass is 32.2. The molecular formula is C8H9F2NO3S. The van der Waals surface area contributed by atoms with Gasteiger partial charge < -0.3 is 4.74 Å². The van der Waals surface area contributed by atoms with Crippen LogP contribution < -0.4 is 9.46 Å². The zero-order chi connectivity index (χ0) is 11.5. The number of ether oxygens (including phenoxy) is 1. The first-order valence-corrected chi connectivity index (χ1v) is 5.43. The summed E-state index contributed by atoms with van der Waals surface area (Å²) in [5.74, 6) is -0.373. The number of benzene rings is 1. The SMILES string of the molecule is CNS(=O)(=O)c1ccccc1OC(F)F. The van der Waals surface area contributed by atoms with E-state index in [1.807, 2.05) is 4.72 Å². The van der Waals surface area contributed by atoms with E-state index in [-0.39, 0.29) is 10.6 Å². The Hall–Kier alpha value is -1.21. The fourth-order valence-corrected chi connectivity index (χ4v) is 1.83. The van der Waals surface area contributed by atoms with Crippen molar-refractivity contribution in [3.8, 4) is 5.75 Å². The molecule has 0 aliphatic heterocycles. The van der Waals surface area contributed by atoms with Crippen LogP contribution in [0.3, 0.4) is 0 Å². The standard InChI is InChI=1S/C8H9F2NO3S/c1-11-15(12,13)7-5-3-2-4-6(7)14-8(9)10/h2-5,8,11H,1H3. The van der Waals surface area contributed by atoms with Crippen LogP contribution in [0.5, 0.6) is 5.75 Å². The number of hydrogen-bond donors (Lipinski definition) is 1. The predicted octanol–water partition coefficient (Wildman–Crippen LogP) is 1.20. The summed E-state index contributed by atoms with van der Waals surface area (Å²) in [7, 11) is -2.59. The normalized spacial score (nSPS) is 11.7. The van der Waals surface area contributed by atoms with Crippen molar-refractivity contribution < 1.29 is 21.9 Å². The van der Waals surface area contributed by atoms with E-state index in [0.717, 1.165) is 6.07 Å². The summed E-state index contributed by atoms with van der Waals surface area (Å²) in [6, 6.07) is 5.18. The Morgan fingerprint density at radius 1 is 1.33 bits per heavy atom. The van der Waals surface area contributed by atoms with Crippen molar-refractivity contribution in [1.29, 1.82) is 0 Å². The molecule has 0 saturated heterocycles. The van der Waals surface area contributed by atoms with Crippen molar-refractivity contribution in [3.63, 3.8) is 0 Å². The van der Waals surface area contributed by atoms with Gasteiger partial charge in [-0.1, -0.05) is 12.1 Å². The van der Waals surface area contributed by atoms with E-state index < -0.39 is 16.6 Å². The van der Waals surface area contributed by atoms with Crippen LogP contribution >= 0.6 is 0 Å². The van der Waals surface area contributed by atoms with Gasteiger partial charge in [0.05, 0.1) is 0 Å². The zero-order valence-electron chi connectivity index (χ0n) is 7.78. The highest BCUT2D eigenvalue weighted by Crippen LogP contribution is 2.24. The molecule has 0 heterocycles. The molecule has 84 valence electrons. The van der Waals surface area contributed by atoms with Crippen molar-refractivity contribution in [1.82, 2.24) is 4.72 Å². The lowest BCUT2D eigenvalue weighted by atomic mass is 10.3. The van der Waals surface area contributed by atoms with Gasteiger partial charge in [0.1, 0.15) is 10.6 Å². The largest absolute Gasteiger partial charge is 0.433 e. The monoisotopic (exact) mass is 237 g/mol. The summed E-state index contributed by atoms with van der Waals surface area (Å²) < 4.78 is 52.7. The minimum atomic E-state index is -3.78. The van der Waals surface area contributed by atoms with Gasteiger partial charge in [-0.2, -0.15) is 8.78 Å². The molecule has 0 fully saturated rings. The smallest absolute Gasteiger partial charge is 0.387 e. The molecule has 15 heavy (non-hydrogen) atoms. The summed E-state index contributed by atoms with van der Waals surface area (Å²) in [5.41, 5.74) is 0. The minimum absolute atomic E-state index is 0.312. The summed E-state index contributed by atoms with van der Waals surface area (Å²) in [5, 5.41) is 0. The predicted molar refractivity (Wildman–Crippen MR) is 49.3 cm³/mol. The molecule has 0 aliphatic carbocycles. The second-order valence-electron chi connectivity index (χ2n) is 2.53. The lowest BCUT2D eigenvalue weighted by Gasteiger charge is -2.09. The van der Waals surface area contributed by atoms with Crippen molar-refractivity contribution in [3.05, 3.63) is 24.3 Å². The van der Waals surface area contributed by atoms with Gasteiger partial charge in [0, 0.05) is 0 Å². The van der Waals surface area contributed by atoms with Crippen LogP contribution in [0, 0.1) is 0 Å². The van der Waals surface area contributed by atoms with Crippen LogP contribution in [0.2, 0.25) is 0 Å². The van der Waals surface area contributed by atoms with Crippen LogP contribution in [0.1, 0.15) is 0 Å². The first kappa shape index (κ1) is 11.9. The topological polar surface area (TPSA) is 55.4 Å². The maximum atomic E-state index is 12.0. The molecular weight excluding hydrogens is 228 g/mol. The maximum absolute atomic E-state index is 12.0. The van der Waals surface area contributed by atoms with E-state index in [2.05, 4.69) is 4.74 Å². The summed E-state index contributed by atoms with van der Waals surface area (Å²) >= 11 is 0. The number of sulfonamides is 1. The fraction of sp³-hybridized carbons (Fsp3) is 0.250. The lowest BCUT2D eigenvalue weighted by molar-refractivity contribution is -0.0517. The molecule has 4 nitrogen and oxygen atoms in total. The van der Waals surface area contributed by atoms with Gasteiger partial charge in [0.25, 0.3) is 0 Å². The van der Waals surface area contributed by atoms with Gasteiger partial charge in [-0.15, -0.1) is 0 Å². The number of hydrogen-bond acceptors (Lipinski definition) is 3. The van der Waals surface area contributed by atoms with Gasteiger partial charge in [-0.25, -0.2) is 13.1 Å². The molecule has 0 bridgehead atoms. The molecule has 0 radical (unpaired) electrons. The third-order valence-corrected chi connectivity index (χ3v) is 3.08. The Labute approximate surface area is 85.9 Å². The summed E-state index contributed by atoms with van der Waals surface area (Å²) in [6.07, 6.45) is 0. The van der Waals surface area contributed by atoms with E-state index in [9.17, 15) is 17.2 Å². The Bertz CT molecular complexity index is 433. The van der Waals surface area contributed by atoms with Crippen molar-refractivity contribution in [2.75, 3.05) is 7.05 Å². The molecule has 1 N–H and O–H groups in total. The van der Waals surface area contributed by atoms with Gasteiger partial charge in [0.15, 0.2) is 0 Å². The Balaban J connectivity index is 3.18. The van der Waals surface area contributed by atoms with Crippen LogP contribution in [-0.4, -0.2) is 22.1 Å². The molecule has 0 amide bonds. The second kappa shape index (κ2) is 4.54. The highest BCUT2D eigenvalue weighted by Gasteiger charge is 2.19. The number of rotatable bonds is 4. The van der Waals surface area contributed by atoms with Crippen molar-refractivity contribution in [2.45, 2.75) is 11.5 Å². The number of alkyl halides is 2. The quantitative estimate of drug-likeness (QED) is 0.856. The van der Waals surface area contributed by atoms with Crippen LogP contribution in [0.15, 0.2) is 29.2 Å². The van der Waals surface area contributed by atoms with Crippen molar-refractivity contribution >= 4 is 10.0 Å². The Morgan fingerprint density at radius 2 is 1.93 bits per heavy atom. The third-order valence-electron chi connectivity index (χ3n) is 1.62. The van der Waals surface area contributed by atoms with E-state index in [4.69, 9.17) is 0 Å². The molecule has 0 aromatic heterocycles. The second-order valence-corrected chi connectivity index (χ2v) is 4.39. The Kier molecular flexibility index (Phi) is 3.59. The van der Waals surface area contributed by atoms with E-state index >= 15 is 0 Å². The van der Waals surface area contributed by atoms with Gasteiger partial charge in [0.2, 0.25) is 10.0 Å². The molecule has 0 unspecified atom stereocenters. The molecule has 0 aliphatic rings. The average Bonchev–Trinajstić information content (AvgIpc) is 2.17. The average molecular weight is 237 g/mol. The van der Waals surface area contributed by atoms with Crippen LogP contribution in [0.4, 0.5) is 8.78 Å². The first-order valence-electron chi connectivity index (χ1n) is 3.95. The number of halogens is 2. The van der Waals surface area contributed by atoms with E-state index in [1.165, 1.54) is 25.2 Å². The van der Waals surface area contributed by atoms with E-state index in [0.29, 0.717) is 0 Å². The highest BCUT2D eigenvalue weighted by molar-refractivity contribution is 7.89. The Morgan fingerprint density at radius 3 is 2.47 bits per heavy atom. The fourth-order valence-electron chi connectivity index (χ4n) is 0.975. The molecule has 0 spiro atoms. The lowest BCUT2D eigenvalue weighted by Crippen LogP contribution is -2.20. The van der Waals surface area contributed by atoms with Crippen LogP contribution in [0.25, 0.3) is 0 Å². The van der Waals surface area contributed by atoms with Gasteiger partial charge in [-0.05, 0) is 19.2 Å². The summed E-state index contributed by atoms with van der Waals surface area (Å²) in [4.78, 5) is -0.312. The van der Waals surface area contributed by atoms with Gasteiger partial charge in [-0.3, -0.25) is 0 Å². The molecule has 1 aromatic rings. The van der Waals surface area contributed by atoms with Crippen LogP contribution in [-0.2, 0) is 10.0 Å². The first-order chi connectivity index (χ1) is 6.97. The maximum Gasteiger partial charge on any atom is 0.387 e.